The number of carbonyl (C=O) groups is 1. The van der Waals surface area contributed by atoms with Crippen molar-refractivity contribution in [1.29, 1.82) is 0 Å². The SMILES string of the molecule is COC(=O)c1ccccc1NC(C)c1cc(O)ccc1O. The Bertz CT molecular complexity index is 654. The molecular formula is C16H17NO4. The van der Waals surface area contributed by atoms with Gasteiger partial charge in [0.1, 0.15) is 11.5 Å². The molecule has 5 heteroatoms. The summed E-state index contributed by atoms with van der Waals surface area (Å²) in [5.41, 5.74) is 1.54. The average Bonchev–Trinajstić information content (AvgIpc) is 2.49. The van der Waals surface area contributed by atoms with Gasteiger partial charge in [-0.1, -0.05) is 12.1 Å². The van der Waals surface area contributed by atoms with Crippen molar-refractivity contribution in [2.24, 2.45) is 0 Å². The van der Waals surface area contributed by atoms with Crippen LogP contribution in [0.25, 0.3) is 0 Å². The maximum atomic E-state index is 11.7. The summed E-state index contributed by atoms with van der Waals surface area (Å²) in [6.45, 7) is 1.82. The molecule has 2 aromatic rings. The molecule has 5 nitrogen and oxygen atoms in total. The summed E-state index contributed by atoms with van der Waals surface area (Å²) in [5, 5.41) is 22.5. The summed E-state index contributed by atoms with van der Waals surface area (Å²) in [6, 6.07) is 11.0. The number of ether oxygens (including phenoxy) is 1. The molecular weight excluding hydrogens is 270 g/mol. The van der Waals surface area contributed by atoms with Crippen molar-refractivity contribution in [3.8, 4) is 11.5 Å². The lowest BCUT2D eigenvalue weighted by Gasteiger charge is -2.18. The molecule has 3 N–H and O–H groups in total. The summed E-state index contributed by atoms with van der Waals surface area (Å²) in [6.07, 6.45) is 0. The number of aromatic hydroxyl groups is 2. The first-order valence-corrected chi connectivity index (χ1v) is 6.48. The third-order valence-electron chi connectivity index (χ3n) is 3.18. The fraction of sp³-hybridized carbons (Fsp3) is 0.188. The van der Waals surface area contributed by atoms with Crippen molar-refractivity contribution < 1.29 is 19.7 Å². The second kappa shape index (κ2) is 6.17. The molecule has 0 bridgehead atoms. The second-order valence-electron chi connectivity index (χ2n) is 4.65. The van der Waals surface area contributed by atoms with Crippen molar-refractivity contribution in [3.05, 3.63) is 53.6 Å². The Morgan fingerprint density at radius 1 is 1.19 bits per heavy atom. The summed E-state index contributed by atoms with van der Waals surface area (Å²) >= 11 is 0. The predicted molar refractivity (Wildman–Crippen MR) is 79.6 cm³/mol. The number of phenolic OH excluding ortho intramolecular Hbond substituents is 2. The van der Waals surface area contributed by atoms with E-state index in [-0.39, 0.29) is 17.5 Å². The van der Waals surface area contributed by atoms with Gasteiger partial charge in [-0.2, -0.15) is 0 Å². The highest BCUT2D eigenvalue weighted by atomic mass is 16.5. The molecule has 0 saturated heterocycles. The van der Waals surface area contributed by atoms with Gasteiger partial charge in [0.15, 0.2) is 0 Å². The molecule has 0 amide bonds. The fourth-order valence-electron chi connectivity index (χ4n) is 2.10. The van der Waals surface area contributed by atoms with Crippen LogP contribution in [0.1, 0.15) is 28.9 Å². The van der Waals surface area contributed by atoms with E-state index in [1.54, 1.807) is 24.3 Å². The molecule has 0 aliphatic carbocycles. The van der Waals surface area contributed by atoms with Crippen molar-refractivity contribution >= 4 is 11.7 Å². The van der Waals surface area contributed by atoms with Gasteiger partial charge in [-0.15, -0.1) is 0 Å². The van der Waals surface area contributed by atoms with Crippen molar-refractivity contribution in [1.82, 2.24) is 0 Å². The third kappa shape index (κ3) is 3.25. The molecule has 0 aliphatic heterocycles. The number of hydrogen-bond donors (Lipinski definition) is 3. The van der Waals surface area contributed by atoms with Gasteiger partial charge in [0, 0.05) is 11.3 Å². The van der Waals surface area contributed by atoms with E-state index in [9.17, 15) is 15.0 Å². The molecule has 1 atom stereocenters. The van der Waals surface area contributed by atoms with Crippen LogP contribution >= 0.6 is 0 Å². The molecule has 2 aromatic carbocycles. The second-order valence-corrected chi connectivity index (χ2v) is 4.65. The van der Waals surface area contributed by atoms with E-state index in [2.05, 4.69) is 5.32 Å². The number of benzene rings is 2. The molecule has 0 aliphatic rings. The largest absolute Gasteiger partial charge is 0.508 e. The normalized spacial score (nSPS) is 11.7. The van der Waals surface area contributed by atoms with Gasteiger partial charge in [-0.25, -0.2) is 4.79 Å². The molecule has 0 saturated carbocycles. The highest BCUT2D eigenvalue weighted by molar-refractivity contribution is 5.95. The summed E-state index contributed by atoms with van der Waals surface area (Å²) in [4.78, 5) is 11.7. The molecule has 110 valence electrons. The van der Waals surface area contributed by atoms with Crippen LogP contribution in [0, 0.1) is 0 Å². The molecule has 2 rings (SSSR count). The summed E-state index contributed by atoms with van der Waals surface area (Å²) in [5.74, 6) is -0.300. The monoisotopic (exact) mass is 287 g/mol. The summed E-state index contributed by atoms with van der Waals surface area (Å²) in [7, 11) is 1.32. The molecule has 0 aromatic heterocycles. The first-order valence-electron chi connectivity index (χ1n) is 6.48. The zero-order chi connectivity index (χ0) is 15.4. The first-order chi connectivity index (χ1) is 10.0. The van der Waals surface area contributed by atoms with E-state index in [4.69, 9.17) is 4.74 Å². The molecule has 0 heterocycles. The van der Waals surface area contributed by atoms with Crippen LogP contribution in [0.2, 0.25) is 0 Å². The minimum atomic E-state index is -0.439. The Kier molecular flexibility index (Phi) is 4.33. The Labute approximate surface area is 122 Å². The van der Waals surface area contributed by atoms with Gasteiger partial charge in [-0.05, 0) is 37.3 Å². The maximum absolute atomic E-state index is 11.7. The van der Waals surface area contributed by atoms with Crippen molar-refractivity contribution in [2.45, 2.75) is 13.0 Å². The van der Waals surface area contributed by atoms with Gasteiger partial charge >= 0.3 is 5.97 Å². The van der Waals surface area contributed by atoms with E-state index < -0.39 is 5.97 Å². The number of methoxy groups -OCH3 is 1. The molecule has 1 unspecified atom stereocenters. The van der Waals surface area contributed by atoms with Crippen LogP contribution in [0.4, 0.5) is 5.69 Å². The third-order valence-corrected chi connectivity index (χ3v) is 3.18. The fourth-order valence-corrected chi connectivity index (χ4v) is 2.10. The number of rotatable bonds is 4. The van der Waals surface area contributed by atoms with Crippen LogP contribution in [-0.4, -0.2) is 23.3 Å². The Morgan fingerprint density at radius 3 is 2.62 bits per heavy atom. The minimum Gasteiger partial charge on any atom is -0.508 e. The highest BCUT2D eigenvalue weighted by Crippen LogP contribution is 2.31. The van der Waals surface area contributed by atoms with Gasteiger partial charge < -0.3 is 20.3 Å². The van der Waals surface area contributed by atoms with Crippen LogP contribution in [0.5, 0.6) is 11.5 Å². The Hall–Kier alpha value is -2.69. The minimum absolute atomic E-state index is 0.0673. The van der Waals surface area contributed by atoms with E-state index >= 15 is 0 Å². The Balaban J connectivity index is 2.30. The number of anilines is 1. The van der Waals surface area contributed by atoms with Gasteiger partial charge in [-0.3, -0.25) is 0 Å². The highest BCUT2D eigenvalue weighted by Gasteiger charge is 2.16. The topological polar surface area (TPSA) is 78.8 Å². The molecule has 0 radical (unpaired) electrons. The van der Waals surface area contributed by atoms with Crippen LogP contribution < -0.4 is 5.32 Å². The zero-order valence-corrected chi connectivity index (χ0v) is 11.8. The molecule has 0 fully saturated rings. The smallest absolute Gasteiger partial charge is 0.339 e. The van der Waals surface area contributed by atoms with E-state index in [0.717, 1.165) is 0 Å². The van der Waals surface area contributed by atoms with Gasteiger partial charge in [0.2, 0.25) is 0 Å². The van der Waals surface area contributed by atoms with Gasteiger partial charge in [0.05, 0.1) is 18.7 Å². The predicted octanol–water partition coefficient (Wildman–Crippen LogP) is 3.06. The Morgan fingerprint density at radius 2 is 1.90 bits per heavy atom. The number of nitrogens with one attached hydrogen (secondary N) is 1. The van der Waals surface area contributed by atoms with Crippen LogP contribution in [-0.2, 0) is 4.74 Å². The van der Waals surface area contributed by atoms with E-state index in [1.165, 1.54) is 25.3 Å². The van der Waals surface area contributed by atoms with Gasteiger partial charge in [0.25, 0.3) is 0 Å². The van der Waals surface area contributed by atoms with Crippen LogP contribution in [0.3, 0.4) is 0 Å². The number of phenols is 2. The number of carbonyl (C=O) groups excluding carboxylic acids is 1. The van der Waals surface area contributed by atoms with E-state index in [0.29, 0.717) is 16.8 Å². The first kappa shape index (κ1) is 14.7. The standard InChI is InChI=1S/C16H17NO4/c1-10(13-9-11(18)7-8-15(13)19)17-14-6-4-3-5-12(14)16(20)21-2/h3-10,17-19H,1-2H3. The number of para-hydroxylation sites is 1. The zero-order valence-electron chi connectivity index (χ0n) is 11.8. The average molecular weight is 287 g/mol. The van der Waals surface area contributed by atoms with E-state index in [1.807, 2.05) is 6.92 Å². The summed E-state index contributed by atoms with van der Waals surface area (Å²) < 4.78 is 4.74. The number of esters is 1. The van der Waals surface area contributed by atoms with Crippen molar-refractivity contribution in [3.63, 3.8) is 0 Å². The lowest BCUT2D eigenvalue weighted by molar-refractivity contribution is 0.0602. The lowest BCUT2D eigenvalue weighted by atomic mass is 10.1. The quantitative estimate of drug-likeness (QED) is 0.595. The van der Waals surface area contributed by atoms with Crippen LogP contribution in [0.15, 0.2) is 42.5 Å². The maximum Gasteiger partial charge on any atom is 0.339 e. The number of hydrogen-bond acceptors (Lipinski definition) is 5. The molecule has 0 spiro atoms. The van der Waals surface area contributed by atoms with Crippen molar-refractivity contribution in [2.75, 3.05) is 12.4 Å². The molecule has 21 heavy (non-hydrogen) atoms. The lowest BCUT2D eigenvalue weighted by Crippen LogP contribution is -2.11.